The van der Waals surface area contributed by atoms with E-state index in [1.807, 2.05) is 0 Å². The van der Waals surface area contributed by atoms with E-state index < -0.39 is 5.92 Å². The number of nitrogens with zero attached hydrogens (tertiary/aromatic N) is 1. The van der Waals surface area contributed by atoms with Gasteiger partial charge in [0.1, 0.15) is 5.82 Å². The Morgan fingerprint density at radius 1 is 1.60 bits per heavy atom. The molecule has 1 aromatic rings. The molecule has 5 heteroatoms. The maximum absolute atomic E-state index is 13.0. The Balaban J connectivity index is 2.28. The molecule has 0 saturated heterocycles. The van der Waals surface area contributed by atoms with E-state index in [2.05, 4.69) is 9.97 Å². The van der Waals surface area contributed by atoms with Gasteiger partial charge in [-0.3, -0.25) is 4.79 Å². The first-order valence-corrected chi connectivity index (χ1v) is 4.92. The number of halogens is 2. The second kappa shape index (κ2) is 3.40. The summed E-state index contributed by atoms with van der Waals surface area (Å²) in [5.74, 6) is -2.52. The molecule has 1 fully saturated rings. The minimum absolute atomic E-state index is 0.116. The van der Waals surface area contributed by atoms with Gasteiger partial charge in [0.2, 0.25) is 5.92 Å². The fourth-order valence-corrected chi connectivity index (χ4v) is 1.98. The monoisotopic (exact) mass is 214 g/mol. The molecule has 15 heavy (non-hydrogen) atoms. The van der Waals surface area contributed by atoms with Crippen LogP contribution in [-0.2, 0) is 0 Å². The number of aryl methyl sites for hydroxylation is 1. The first kappa shape index (κ1) is 10.3. The normalized spacial score (nSPS) is 24.3. The van der Waals surface area contributed by atoms with Crippen LogP contribution in [-0.4, -0.2) is 15.9 Å². The molecular formula is C10H12F2N2O. The van der Waals surface area contributed by atoms with Crippen LogP contribution in [0.1, 0.15) is 36.7 Å². The molecule has 0 amide bonds. The van der Waals surface area contributed by atoms with Crippen LogP contribution >= 0.6 is 0 Å². The van der Waals surface area contributed by atoms with Gasteiger partial charge >= 0.3 is 0 Å². The van der Waals surface area contributed by atoms with E-state index in [-0.39, 0.29) is 24.3 Å². The number of alkyl halides is 2. The number of hydrogen-bond donors (Lipinski definition) is 1. The summed E-state index contributed by atoms with van der Waals surface area (Å²) in [4.78, 5) is 17.8. The summed E-state index contributed by atoms with van der Waals surface area (Å²) in [5.41, 5.74) is 0.302. The second-order valence-electron chi connectivity index (χ2n) is 4.07. The fourth-order valence-electron chi connectivity index (χ4n) is 1.98. The maximum atomic E-state index is 13.0. The van der Waals surface area contributed by atoms with E-state index in [4.69, 9.17) is 0 Å². The summed E-state index contributed by atoms with van der Waals surface area (Å²) < 4.78 is 25.9. The molecule has 1 atom stereocenters. The van der Waals surface area contributed by atoms with Gasteiger partial charge in [-0.25, -0.2) is 13.8 Å². The Hall–Kier alpha value is -1.26. The molecule has 2 rings (SSSR count). The lowest BCUT2D eigenvalue weighted by Crippen LogP contribution is -2.15. The third-order valence-corrected chi connectivity index (χ3v) is 2.68. The summed E-state index contributed by atoms with van der Waals surface area (Å²) in [6, 6.07) is 1.36. The number of aromatic nitrogens is 2. The maximum Gasteiger partial charge on any atom is 0.251 e. The van der Waals surface area contributed by atoms with Crippen molar-refractivity contribution in [1.82, 2.24) is 9.97 Å². The quantitative estimate of drug-likeness (QED) is 0.776. The van der Waals surface area contributed by atoms with Crippen molar-refractivity contribution >= 4 is 0 Å². The molecule has 1 saturated carbocycles. The lowest BCUT2D eigenvalue weighted by molar-refractivity contribution is 0.00752. The van der Waals surface area contributed by atoms with Crippen LogP contribution in [0.3, 0.4) is 0 Å². The molecule has 0 spiro atoms. The van der Waals surface area contributed by atoms with E-state index in [1.54, 1.807) is 6.92 Å². The Kier molecular flexibility index (Phi) is 2.32. The Bertz CT molecular complexity index is 428. The highest BCUT2D eigenvalue weighted by molar-refractivity contribution is 5.07. The first-order valence-electron chi connectivity index (χ1n) is 4.92. The molecule has 1 N–H and O–H groups in total. The SMILES string of the molecule is Cc1cc(=O)[nH]c(C2CCC(F)(F)C2)n1. The summed E-state index contributed by atoms with van der Waals surface area (Å²) >= 11 is 0. The van der Waals surface area contributed by atoms with E-state index in [9.17, 15) is 13.6 Å². The van der Waals surface area contributed by atoms with Crippen LogP contribution in [0.4, 0.5) is 8.78 Å². The van der Waals surface area contributed by atoms with Crippen molar-refractivity contribution in [3.63, 3.8) is 0 Å². The Labute approximate surface area is 85.5 Å². The van der Waals surface area contributed by atoms with Gasteiger partial charge in [0, 0.05) is 30.5 Å². The van der Waals surface area contributed by atoms with Crippen LogP contribution in [0.5, 0.6) is 0 Å². The number of H-pyrrole nitrogens is 1. The zero-order valence-electron chi connectivity index (χ0n) is 8.39. The molecular weight excluding hydrogens is 202 g/mol. The van der Waals surface area contributed by atoms with Gasteiger partial charge in [0.05, 0.1) is 0 Å². The van der Waals surface area contributed by atoms with E-state index in [0.717, 1.165) is 0 Å². The number of hydrogen-bond acceptors (Lipinski definition) is 2. The van der Waals surface area contributed by atoms with E-state index in [1.165, 1.54) is 6.07 Å². The minimum Gasteiger partial charge on any atom is -0.310 e. The Morgan fingerprint density at radius 2 is 2.33 bits per heavy atom. The minimum atomic E-state index is -2.60. The van der Waals surface area contributed by atoms with Crippen molar-refractivity contribution in [2.75, 3.05) is 0 Å². The molecule has 1 unspecified atom stereocenters. The van der Waals surface area contributed by atoms with Crippen LogP contribution in [0.15, 0.2) is 10.9 Å². The summed E-state index contributed by atoms with van der Waals surface area (Å²) in [6.45, 7) is 1.69. The zero-order chi connectivity index (χ0) is 11.1. The smallest absolute Gasteiger partial charge is 0.251 e. The van der Waals surface area contributed by atoms with Crippen molar-refractivity contribution in [1.29, 1.82) is 0 Å². The lowest BCUT2D eigenvalue weighted by atomic mass is 10.1. The van der Waals surface area contributed by atoms with Crippen LogP contribution in [0.2, 0.25) is 0 Å². The highest BCUT2D eigenvalue weighted by Gasteiger charge is 2.40. The number of aromatic amines is 1. The van der Waals surface area contributed by atoms with Crippen LogP contribution in [0.25, 0.3) is 0 Å². The standard InChI is InChI=1S/C10H12F2N2O/c1-6-4-8(15)14-9(13-6)7-2-3-10(11,12)5-7/h4,7H,2-3,5H2,1H3,(H,13,14,15). The number of rotatable bonds is 1. The van der Waals surface area contributed by atoms with Gasteiger partial charge in [-0.2, -0.15) is 0 Å². The third-order valence-electron chi connectivity index (χ3n) is 2.68. The average Bonchev–Trinajstić information content (AvgIpc) is 2.44. The van der Waals surface area contributed by atoms with Crippen LogP contribution in [0, 0.1) is 6.92 Å². The highest BCUT2D eigenvalue weighted by Crippen LogP contribution is 2.42. The third kappa shape index (κ3) is 2.22. The molecule has 1 heterocycles. The van der Waals surface area contributed by atoms with Crippen molar-refractivity contribution in [2.45, 2.75) is 38.0 Å². The molecule has 0 aliphatic heterocycles. The van der Waals surface area contributed by atoms with Gasteiger partial charge in [0.15, 0.2) is 0 Å². The summed E-state index contributed by atoms with van der Waals surface area (Å²) in [7, 11) is 0. The zero-order valence-corrected chi connectivity index (χ0v) is 8.39. The molecule has 82 valence electrons. The molecule has 0 radical (unpaired) electrons. The van der Waals surface area contributed by atoms with Gasteiger partial charge in [-0.1, -0.05) is 0 Å². The molecule has 0 bridgehead atoms. The molecule has 1 aliphatic carbocycles. The van der Waals surface area contributed by atoms with Gasteiger partial charge in [-0.15, -0.1) is 0 Å². The predicted octanol–water partition coefficient (Wildman–Crippen LogP) is 1.98. The van der Waals surface area contributed by atoms with Crippen LogP contribution < -0.4 is 5.56 Å². The first-order chi connectivity index (χ1) is 6.96. The second-order valence-corrected chi connectivity index (χ2v) is 4.07. The lowest BCUT2D eigenvalue weighted by Gasteiger charge is -2.09. The molecule has 1 aliphatic rings. The summed E-state index contributed by atoms with van der Waals surface area (Å²) in [5, 5.41) is 0. The Morgan fingerprint density at radius 3 is 2.87 bits per heavy atom. The van der Waals surface area contributed by atoms with Crippen molar-refractivity contribution in [2.24, 2.45) is 0 Å². The van der Waals surface area contributed by atoms with Gasteiger partial charge in [-0.05, 0) is 13.3 Å². The molecule has 0 aromatic carbocycles. The molecule has 1 aromatic heterocycles. The van der Waals surface area contributed by atoms with E-state index in [0.29, 0.717) is 17.9 Å². The van der Waals surface area contributed by atoms with E-state index >= 15 is 0 Å². The molecule has 3 nitrogen and oxygen atoms in total. The highest BCUT2D eigenvalue weighted by atomic mass is 19.3. The predicted molar refractivity (Wildman–Crippen MR) is 51.1 cm³/mol. The van der Waals surface area contributed by atoms with Gasteiger partial charge in [0.25, 0.3) is 5.56 Å². The van der Waals surface area contributed by atoms with Gasteiger partial charge < -0.3 is 4.98 Å². The number of nitrogens with one attached hydrogen (secondary N) is 1. The van der Waals surface area contributed by atoms with Crippen molar-refractivity contribution in [3.8, 4) is 0 Å². The van der Waals surface area contributed by atoms with Crippen molar-refractivity contribution < 1.29 is 8.78 Å². The fraction of sp³-hybridized carbons (Fsp3) is 0.600. The average molecular weight is 214 g/mol. The summed E-state index contributed by atoms with van der Waals surface area (Å²) in [6.07, 6.45) is 0.0636. The topological polar surface area (TPSA) is 45.8 Å². The largest absolute Gasteiger partial charge is 0.310 e. The van der Waals surface area contributed by atoms with Crippen molar-refractivity contribution in [3.05, 3.63) is 27.9 Å².